The van der Waals surface area contributed by atoms with Crippen LogP contribution in [0.5, 0.6) is 11.5 Å². The minimum absolute atomic E-state index is 0.0847. The predicted molar refractivity (Wildman–Crippen MR) is 112 cm³/mol. The predicted octanol–water partition coefficient (Wildman–Crippen LogP) is 5.19. The summed E-state index contributed by atoms with van der Waals surface area (Å²) in [6.07, 6.45) is 0.793. The molecular weight excluding hydrogens is 350 g/mol. The van der Waals surface area contributed by atoms with Crippen LogP contribution in [0, 0.1) is 20.8 Å². The molecule has 2 aromatic rings. The molecule has 2 atom stereocenters. The van der Waals surface area contributed by atoms with E-state index in [1.807, 2.05) is 51.1 Å². The number of hydrogen-bond acceptors (Lipinski definition) is 3. The molecule has 2 aromatic carbocycles. The molecule has 0 fully saturated rings. The van der Waals surface area contributed by atoms with E-state index in [0.29, 0.717) is 6.42 Å². The van der Waals surface area contributed by atoms with Gasteiger partial charge in [0.1, 0.15) is 17.1 Å². The SMILES string of the molecule is CC[C@H](Oc1cc(C)ccc1C)C(=O)N[C@H]1CC(C)(C)Oc2ccc(C)cc21. The molecule has 4 heteroatoms. The summed E-state index contributed by atoms with van der Waals surface area (Å²) in [5.41, 5.74) is 4.00. The average molecular weight is 382 g/mol. The fraction of sp³-hybridized carbons (Fsp3) is 0.458. The third-order valence-corrected chi connectivity index (χ3v) is 5.22. The normalized spacial score (nSPS) is 18.6. The minimum Gasteiger partial charge on any atom is -0.487 e. The maximum absolute atomic E-state index is 13.1. The van der Waals surface area contributed by atoms with Gasteiger partial charge in [0, 0.05) is 12.0 Å². The standard InChI is InChI=1S/C24H31NO3/c1-7-20(27-22-13-16(3)8-10-17(22)4)23(26)25-19-14-24(5,6)28-21-11-9-15(2)12-18(19)21/h8-13,19-20H,7,14H2,1-6H3,(H,25,26)/t19-,20-/m0/s1. The first kappa shape index (κ1) is 20.2. The molecule has 28 heavy (non-hydrogen) atoms. The maximum Gasteiger partial charge on any atom is 0.261 e. The first-order valence-electron chi connectivity index (χ1n) is 10.0. The number of fused-ring (bicyclic) bond motifs is 1. The van der Waals surface area contributed by atoms with Crippen LogP contribution in [0.15, 0.2) is 36.4 Å². The fourth-order valence-electron chi connectivity index (χ4n) is 3.68. The van der Waals surface area contributed by atoms with Gasteiger partial charge in [-0.25, -0.2) is 0 Å². The topological polar surface area (TPSA) is 47.6 Å². The first-order valence-corrected chi connectivity index (χ1v) is 10.0. The Labute approximate surface area is 168 Å². The summed E-state index contributed by atoms with van der Waals surface area (Å²) in [7, 11) is 0. The van der Waals surface area contributed by atoms with E-state index in [1.165, 1.54) is 0 Å². The summed E-state index contributed by atoms with van der Waals surface area (Å²) in [5.74, 6) is 1.53. The van der Waals surface area contributed by atoms with Gasteiger partial charge in [0.25, 0.3) is 5.91 Å². The monoisotopic (exact) mass is 381 g/mol. The minimum atomic E-state index is -0.528. The van der Waals surface area contributed by atoms with E-state index in [9.17, 15) is 4.79 Å². The maximum atomic E-state index is 13.1. The lowest BCUT2D eigenvalue weighted by Gasteiger charge is -2.38. The molecule has 0 radical (unpaired) electrons. The fourth-order valence-corrected chi connectivity index (χ4v) is 3.68. The van der Waals surface area contributed by atoms with Crippen molar-refractivity contribution in [1.82, 2.24) is 5.32 Å². The Morgan fingerprint density at radius 3 is 2.57 bits per heavy atom. The van der Waals surface area contributed by atoms with Crippen molar-refractivity contribution in [2.45, 2.75) is 72.1 Å². The Kier molecular flexibility index (Phi) is 5.69. The molecule has 0 saturated heterocycles. The van der Waals surface area contributed by atoms with Gasteiger partial charge in [-0.3, -0.25) is 4.79 Å². The van der Waals surface area contributed by atoms with Crippen LogP contribution in [0.2, 0.25) is 0 Å². The largest absolute Gasteiger partial charge is 0.487 e. The number of aryl methyl sites for hydroxylation is 3. The first-order chi connectivity index (χ1) is 13.2. The second kappa shape index (κ2) is 7.86. The van der Waals surface area contributed by atoms with E-state index in [2.05, 4.69) is 32.2 Å². The van der Waals surface area contributed by atoms with Gasteiger partial charge >= 0.3 is 0 Å². The quantitative estimate of drug-likeness (QED) is 0.775. The lowest BCUT2D eigenvalue weighted by atomic mass is 9.88. The number of amides is 1. The highest BCUT2D eigenvalue weighted by Gasteiger charge is 2.35. The van der Waals surface area contributed by atoms with E-state index < -0.39 is 6.10 Å². The van der Waals surface area contributed by atoms with E-state index in [-0.39, 0.29) is 17.6 Å². The molecule has 0 bridgehead atoms. The summed E-state index contributed by atoms with van der Waals surface area (Å²) in [5, 5.41) is 3.22. The highest BCUT2D eigenvalue weighted by atomic mass is 16.5. The zero-order chi connectivity index (χ0) is 20.5. The Morgan fingerprint density at radius 2 is 1.86 bits per heavy atom. The van der Waals surface area contributed by atoms with Crippen LogP contribution in [-0.4, -0.2) is 17.6 Å². The summed E-state index contributed by atoms with van der Waals surface area (Å²) in [4.78, 5) is 13.1. The second-order valence-corrected chi connectivity index (χ2v) is 8.45. The number of nitrogens with one attached hydrogen (secondary N) is 1. The molecule has 1 amide bonds. The number of ether oxygens (including phenoxy) is 2. The molecule has 0 aromatic heterocycles. The molecule has 0 spiro atoms. The third kappa shape index (κ3) is 4.49. The van der Waals surface area contributed by atoms with E-state index in [0.717, 1.165) is 40.2 Å². The average Bonchev–Trinajstić information content (AvgIpc) is 2.62. The van der Waals surface area contributed by atoms with Crippen molar-refractivity contribution in [3.05, 3.63) is 58.7 Å². The summed E-state index contributed by atoms with van der Waals surface area (Å²) < 4.78 is 12.2. The molecule has 4 nitrogen and oxygen atoms in total. The number of carbonyl (C=O) groups excluding carboxylic acids is 1. The number of carbonyl (C=O) groups is 1. The zero-order valence-electron chi connectivity index (χ0n) is 17.8. The Bertz CT molecular complexity index is 872. The van der Waals surface area contributed by atoms with Crippen molar-refractivity contribution in [2.75, 3.05) is 0 Å². The molecule has 1 aliphatic rings. The molecular formula is C24H31NO3. The summed E-state index contributed by atoms with van der Waals surface area (Å²) in [6.45, 7) is 12.2. The molecule has 1 aliphatic heterocycles. The molecule has 0 unspecified atom stereocenters. The van der Waals surface area contributed by atoms with Gasteiger partial charge in [-0.15, -0.1) is 0 Å². The number of hydrogen-bond donors (Lipinski definition) is 1. The van der Waals surface area contributed by atoms with Crippen molar-refractivity contribution >= 4 is 5.91 Å². The van der Waals surface area contributed by atoms with Gasteiger partial charge < -0.3 is 14.8 Å². The van der Waals surface area contributed by atoms with Crippen LogP contribution in [0.4, 0.5) is 0 Å². The lowest BCUT2D eigenvalue weighted by Crippen LogP contribution is -2.45. The molecule has 0 aliphatic carbocycles. The van der Waals surface area contributed by atoms with E-state index in [1.54, 1.807) is 0 Å². The highest BCUT2D eigenvalue weighted by molar-refractivity contribution is 5.81. The van der Waals surface area contributed by atoms with Gasteiger partial charge in [-0.2, -0.15) is 0 Å². The molecule has 1 N–H and O–H groups in total. The van der Waals surface area contributed by atoms with Crippen LogP contribution in [0.25, 0.3) is 0 Å². The third-order valence-electron chi connectivity index (χ3n) is 5.22. The van der Waals surface area contributed by atoms with Gasteiger partial charge in [-0.1, -0.05) is 36.8 Å². The van der Waals surface area contributed by atoms with Gasteiger partial charge in [0.15, 0.2) is 6.10 Å². The molecule has 3 rings (SSSR count). The van der Waals surface area contributed by atoms with Gasteiger partial charge in [0.05, 0.1) is 6.04 Å². The molecule has 150 valence electrons. The Morgan fingerprint density at radius 1 is 1.18 bits per heavy atom. The zero-order valence-corrected chi connectivity index (χ0v) is 17.8. The van der Waals surface area contributed by atoms with Crippen LogP contribution in [0.3, 0.4) is 0 Å². The van der Waals surface area contributed by atoms with Gasteiger partial charge in [-0.05, 0) is 64.3 Å². The highest BCUT2D eigenvalue weighted by Crippen LogP contribution is 2.40. The van der Waals surface area contributed by atoms with E-state index in [4.69, 9.17) is 9.47 Å². The van der Waals surface area contributed by atoms with Crippen LogP contribution < -0.4 is 14.8 Å². The van der Waals surface area contributed by atoms with Crippen molar-refractivity contribution in [1.29, 1.82) is 0 Å². The van der Waals surface area contributed by atoms with Crippen molar-refractivity contribution < 1.29 is 14.3 Å². The van der Waals surface area contributed by atoms with Crippen molar-refractivity contribution in [2.24, 2.45) is 0 Å². The molecule has 0 saturated carbocycles. The Balaban J connectivity index is 1.80. The Hall–Kier alpha value is -2.49. The van der Waals surface area contributed by atoms with Gasteiger partial charge in [0.2, 0.25) is 0 Å². The van der Waals surface area contributed by atoms with E-state index >= 15 is 0 Å². The number of rotatable bonds is 5. The molecule has 1 heterocycles. The van der Waals surface area contributed by atoms with Crippen molar-refractivity contribution in [3.8, 4) is 11.5 Å². The van der Waals surface area contributed by atoms with Crippen LogP contribution >= 0.6 is 0 Å². The summed E-state index contributed by atoms with van der Waals surface area (Å²) in [6, 6.07) is 12.1. The lowest BCUT2D eigenvalue weighted by molar-refractivity contribution is -0.129. The van der Waals surface area contributed by atoms with Crippen LogP contribution in [0.1, 0.15) is 61.9 Å². The van der Waals surface area contributed by atoms with Crippen molar-refractivity contribution in [3.63, 3.8) is 0 Å². The van der Waals surface area contributed by atoms with Crippen LogP contribution in [-0.2, 0) is 4.79 Å². The number of benzene rings is 2. The second-order valence-electron chi connectivity index (χ2n) is 8.45. The summed E-state index contributed by atoms with van der Waals surface area (Å²) >= 11 is 0. The smallest absolute Gasteiger partial charge is 0.261 e.